The molecule has 196 valence electrons. The molecule has 36 heavy (non-hydrogen) atoms. The molecule has 1 aromatic carbocycles. The number of carbonyl (C=O) groups is 1. The van der Waals surface area contributed by atoms with Crippen molar-refractivity contribution < 1.29 is 31.7 Å². The Kier molecular flexibility index (Phi) is 6.56. The van der Waals surface area contributed by atoms with E-state index in [1.54, 1.807) is 24.4 Å². The lowest BCUT2D eigenvalue weighted by Gasteiger charge is -2.27. The van der Waals surface area contributed by atoms with Crippen LogP contribution in [-0.4, -0.2) is 58.3 Å². The van der Waals surface area contributed by atoms with Crippen molar-refractivity contribution in [1.82, 2.24) is 25.3 Å². The Bertz CT molecular complexity index is 1470. The molecule has 0 aliphatic carbocycles. The number of hydrogen-bond acceptors (Lipinski definition) is 7. The van der Waals surface area contributed by atoms with Crippen molar-refractivity contribution >= 4 is 45.3 Å². The fraction of sp³-hybridized carbons (Fsp3) is 0.304. The molecule has 13 heteroatoms. The van der Waals surface area contributed by atoms with Gasteiger partial charge in [-0.25, -0.2) is 15.0 Å². The lowest BCUT2D eigenvalue weighted by atomic mass is 10.0. The molecular formula is C23H28ClF3N6O3. The van der Waals surface area contributed by atoms with Gasteiger partial charge in [0.15, 0.2) is 17.3 Å². The summed E-state index contributed by atoms with van der Waals surface area (Å²) in [5, 5.41) is 6.41. The first-order valence-corrected chi connectivity index (χ1v) is 11.0. The van der Waals surface area contributed by atoms with Crippen molar-refractivity contribution in [2.45, 2.75) is 25.6 Å². The van der Waals surface area contributed by atoms with Crippen molar-refractivity contribution in [2.75, 3.05) is 26.1 Å². The van der Waals surface area contributed by atoms with Crippen LogP contribution in [0.1, 0.15) is 18.1 Å². The Morgan fingerprint density at radius 2 is 1.81 bits per heavy atom. The number of nitrogens with zero attached hydrogens (tertiary/aromatic N) is 3. The smallest absolute Gasteiger partial charge is 0.405 e. The molecule has 0 fully saturated rings. The van der Waals surface area contributed by atoms with Crippen molar-refractivity contribution in [3.05, 3.63) is 35.6 Å². The number of hydrogen-bond donors (Lipinski definition) is 3. The van der Waals surface area contributed by atoms with E-state index in [0.29, 0.717) is 44.0 Å². The standard InChI is InChI=1S/C23H22ClF3N6O3.3H2/c1-22(2,21(34)30-10-23(25,26)27)33-20-13-6-16(35-3)17(36-4)7-15(13)31-19(32-20)14-9-29-18-12(14)5-11(24)8-28-18;;;/h5-9H,10H2,1-4H3,(H,28,29)(H,30,34)(H,31,32,33);3*1H. The number of ether oxygens (including phenoxy) is 2. The molecule has 0 aliphatic rings. The first-order valence-electron chi connectivity index (χ1n) is 10.6. The minimum atomic E-state index is -4.55. The third kappa shape index (κ3) is 5.08. The predicted molar refractivity (Wildman–Crippen MR) is 136 cm³/mol. The highest BCUT2D eigenvalue weighted by molar-refractivity contribution is 6.31. The van der Waals surface area contributed by atoms with Gasteiger partial charge in [0.2, 0.25) is 5.91 Å². The van der Waals surface area contributed by atoms with E-state index in [9.17, 15) is 18.0 Å². The van der Waals surface area contributed by atoms with E-state index < -0.39 is 24.2 Å². The number of aromatic nitrogens is 4. The Labute approximate surface area is 212 Å². The molecule has 0 saturated carbocycles. The van der Waals surface area contributed by atoms with Crippen LogP contribution in [0.15, 0.2) is 30.6 Å². The third-order valence-corrected chi connectivity index (χ3v) is 5.59. The monoisotopic (exact) mass is 528 g/mol. The zero-order chi connectivity index (χ0) is 26.3. The van der Waals surface area contributed by atoms with E-state index in [4.69, 9.17) is 21.1 Å². The fourth-order valence-electron chi connectivity index (χ4n) is 3.59. The molecule has 9 nitrogen and oxygen atoms in total. The van der Waals surface area contributed by atoms with Crippen LogP contribution in [0.2, 0.25) is 5.02 Å². The summed E-state index contributed by atoms with van der Waals surface area (Å²) in [6, 6.07) is 4.97. The summed E-state index contributed by atoms with van der Waals surface area (Å²) in [5.74, 6) is 0.390. The maximum atomic E-state index is 12.7. The minimum Gasteiger partial charge on any atom is -0.493 e. The molecule has 4 rings (SSSR count). The second kappa shape index (κ2) is 9.34. The fourth-order valence-corrected chi connectivity index (χ4v) is 3.75. The van der Waals surface area contributed by atoms with Crippen LogP contribution in [0.25, 0.3) is 33.3 Å². The Morgan fingerprint density at radius 3 is 2.47 bits per heavy atom. The van der Waals surface area contributed by atoms with Gasteiger partial charge < -0.3 is 25.1 Å². The summed E-state index contributed by atoms with van der Waals surface area (Å²) in [7, 11) is 2.94. The van der Waals surface area contributed by atoms with Crippen molar-refractivity contribution in [3.63, 3.8) is 0 Å². The number of aromatic amines is 1. The van der Waals surface area contributed by atoms with E-state index in [1.807, 2.05) is 5.32 Å². The maximum absolute atomic E-state index is 12.7. The molecule has 0 bridgehead atoms. The highest BCUT2D eigenvalue weighted by atomic mass is 35.5. The van der Waals surface area contributed by atoms with Gasteiger partial charge in [-0.15, -0.1) is 0 Å². The normalized spacial score (nSPS) is 12.1. The number of amides is 1. The number of carbonyl (C=O) groups excluding carboxylic acids is 1. The molecule has 4 aromatic rings. The second-order valence-corrected chi connectivity index (χ2v) is 8.86. The Balaban J connectivity index is 0.00000253. The van der Waals surface area contributed by atoms with E-state index in [2.05, 4.69) is 25.3 Å². The minimum absolute atomic E-state index is 0. The predicted octanol–water partition coefficient (Wildman–Crippen LogP) is 5.45. The van der Waals surface area contributed by atoms with Gasteiger partial charge >= 0.3 is 6.18 Å². The van der Waals surface area contributed by atoms with Crippen molar-refractivity contribution in [2.24, 2.45) is 0 Å². The van der Waals surface area contributed by atoms with Crippen LogP contribution >= 0.6 is 11.6 Å². The molecule has 0 aliphatic heterocycles. The SMILES string of the molecule is COc1cc2nc(-c3c[nH]c4ncc(Cl)cc34)nc(NC(C)(C)C(=O)NCC(F)(F)F)c2cc1OC.[HH].[HH].[HH]. The number of methoxy groups -OCH3 is 2. The number of pyridine rings is 1. The Hall–Kier alpha value is -3.80. The number of nitrogens with one attached hydrogen (secondary N) is 3. The molecule has 3 heterocycles. The number of H-pyrrole nitrogens is 1. The largest absolute Gasteiger partial charge is 0.493 e. The van der Waals surface area contributed by atoms with E-state index >= 15 is 0 Å². The van der Waals surface area contributed by atoms with Crippen molar-refractivity contribution in [3.8, 4) is 22.9 Å². The van der Waals surface area contributed by atoms with Gasteiger partial charge in [0.25, 0.3) is 0 Å². The molecule has 0 spiro atoms. The summed E-state index contributed by atoms with van der Waals surface area (Å²) < 4.78 is 48.8. The summed E-state index contributed by atoms with van der Waals surface area (Å²) in [5.41, 5.74) is 0.115. The average molecular weight is 529 g/mol. The van der Waals surface area contributed by atoms with Crippen LogP contribution in [0.4, 0.5) is 19.0 Å². The van der Waals surface area contributed by atoms with Crippen LogP contribution in [0.5, 0.6) is 11.5 Å². The van der Waals surface area contributed by atoms with Gasteiger partial charge in [0.05, 0.1) is 24.8 Å². The summed E-state index contributed by atoms with van der Waals surface area (Å²) in [6.45, 7) is 1.44. The van der Waals surface area contributed by atoms with Crippen molar-refractivity contribution in [1.29, 1.82) is 0 Å². The third-order valence-electron chi connectivity index (χ3n) is 5.39. The van der Waals surface area contributed by atoms with E-state index in [1.165, 1.54) is 34.3 Å². The van der Waals surface area contributed by atoms with Gasteiger partial charge in [-0.3, -0.25) is 4.79 Å². The zero-order valence-electron chi connectivity index (χ0n) is 19.7. The molecule has 0 radical (unpaired) electrons. The number of fused-ring (bicyclic) bond motifs is 2. The number of benzene rings is 1. The van der Waals surface area contributed by atoms with Crippen LogP contribution in [0, 0.1) is 0 Å². The first kappa shape index (κ1) is 25.3. The lowest BCUT2D eigenvalue weighted by Crippen LogP contribution is -2.50. The average Bonchev–Trinajstić information content (AvgIpc) is 3.23. The van der Waals surface area contributed by atoms with Crippen LogP contribution < -0.4 is 20.1 Å². The quantitative estimate of drug-likeness (QED) is 0.292. The van der Waals surface area contributed by atoms with Gasteiger partial charge in [-0.1, -0.05) is 11.6 Å². The summed E-state index contributed by atoms with van der Waals surface area (Å²) in [6.07, 6.45) is -1.38. The zero-order valence-corrected chi connectivity index (χ0v) is 20.4. The highest BCUT2D eigenvalue weighted by Gasteiger charge is 2.34. The molecule has 3 aromatic heterocycles. The van der Waals surface area contributed by atoms with E-state index in [0.717, 1.165) is 0 Å². The van der Waals surface area contributed by atoms with Gasteiger partial charge in [-0.05, 0) is 26.0 Å². The number of rotatable bonds is 7. The van der Waals surface area contributed by atoms with Gasteiger partial charge in [-0.2, -0.15) is 13.2 Å². The maximum Gasteiger partial charge on any atom is 0.405 e. The lowest BCUT2D eigenvalue weighted by molar-refractivity contribution is -0.140. The number of alkyl halides is 3. The van der Waals surface area contributed by atoms with E-state index in [-0.39, 0.29) is 15.9 Å². The van der Waals surface area contributed by atoms with Crippen LogP contribution in [-0.2, 0) is 4.79 Å². The molecule has 0 saturated heterocycles. The van der Waals surface area contributed by atoms with Gasteiger partial charge in [0, 0.05) is 39.1 Å². The molecule has 3 N–H and O–H groups in total. The number of anilines is 1. The first-order chi connectivity index (χ1) is 16.9. The highest BCUT2D eigenvalue weighted by Crippen LogP contribution is 2.37. The summed E-state index contributed by atoms with van der Waals surface area (Å²) >= 11 is 6.13. The molecule has 0 atom stereocenters. The molecule has 0 unspecified atom stereocenters. The topological polar surface area (TPSA) is 114 Å². The Morgan fingerprint density at radius 1 is 1.11 bits per heavy atom. The molecular weight excluding hydrogens is 501 g/mol. The number of halogens is 4. The van der Waals surface area contributed by atoms with Crippen LogP contribution in [0.3, 0.4) is 0 Å². The second-order valence-electron chi connectivity index (χ2n) is 8.42. The van der Waals surface area contributed by atoms with Gasteiger partial charge in [0.1, 0.15) is 23.5 Å². The molecule has 1 amide bonds. The summed E-state index contributed by atoms with van der Waals surface area (Å²) in [4.78, 5) is 29.2.